The van der Waals surface area contributed by atoms with Gasteiger partial charge in [-0.1, -0.05) is 30.3 Å². The van der Waals surface area contributed by atoms with Crippen LogP contribution in [-0.4, -0.2) is 164 Å². The molecule has 0 fully saturated rings. The number of nitrogens with zero attached hydrogens (tertiary/aromatic N) is 33. The van der Waals surface area contributed by atoms with Crippen LogP contribution in [0.25, 0.3) is 110 Å². The summed E-state index contributed by atoms with van der Waals surface area (Å²) in [5.41, 5.74) is 13.7. The first-order valence-corrected chi connectivity index (χ1v) is 33.3. The van der Waals surface area contributed by atoms with Gasteiger partial charge in [-0.3, -0.25) is 64.8 Å². The van der Waals surface area contributed by atoms with Gasteiger partial charge in [-0.2, -0.15) is 0 Å². The fourth-order valence-corrected chi connectivity index (χ4v) is 8.82. The van der Waals surface area contributed by atoms with Gasteiger partial charge in [0.25, 0.3) is 0 Å². The molecule has 0 radical (unpaired) electrons. The lowest BCUT2D eigenvalue weighted by Gasteiger charge is -1.90. The standard InChI is InChI=1S/2C8H6N2.8C7H5N3.C4H4N2.C3H3N3/c1-2-4-8-7(3-1)5-9-6-10-8;1-2-4-8-7(3-1)9-5-6-10-8;1-2-8-3-6-4-9-5-10-7(1)6;1-2-8-4-7-6(1)3-9-5-10-7;2*1-2-8-5-7-6(1)9-3-4-10-7;1-2-6-7(9-3-1)4-8-5-10-6;1-2-6-4-8-5-10-7(6)9-3-1;2*1-2-6-7(9-3-1)10-5-4-8-6;1-2-5-4-6-3-1;1-4-2-6-3-5-1/h2*1-6H;8*1-5H;1-4H;1-3H. The maximum atomic E-state index is 4.12. The summed E-state index contributed by atoms with van der Waals surface area (Å²) in [5, 5.41) is 4.07. The van der Waals surface area contributed by atoms with E-state index in [1.54, 1.807) is 186 Å². The highest BCUT2D eigenvalue weighted by atomic mass is 14.9. The van der Waals surface area contributed by atoms with E-state index < -0.39 is 0 Å². The van der Waals surface area contributed by atoms with Crippen LogP contribution in [0.1, 0.15) is 0 Å². The zero-order valence-corrected chi connectivity index (χ0v) is 58.8. The van der Waals surface area contributed by atoms with Gasteiger partial charge >= 0.3 is 0 Å². The highest BCUT2D eigenvalue weighted by Gasteiger charge is 1.97. The van der Waals surface area contributed by atoms with E-state index in [1.165, 1.54) is 50.6 Å². The quantitative estimate of drug-likeness (QED) is 0.136. The summed E-state index contributed by atoms with van der Waals surface area (Å²) in [5.74, 6) is 0. The monoisotopic (exact) mass is 1470 g/mol. The van der Waals surface area contributed by atoms with E-state index in [0.29, 0.717) is 11.3 Å². The highest BCUT2D eigenvalue weighted by molar-refractivity contribution is 5.79. The first-order chi connectivity index (χ1) is 55.7. The molecule has 22 aromatic rings. The number of pyridine rings is 8. The third-order valence-corrected chi connectivity index (χ3v) is 13.9. The Balaban J connectivity index is 0.000000121. The van der Waals surface area contributed by atoms with Gasteiger partial charge in [0.2, 0.25) is 0 Å². The molecule has 33 heteroatoms. The summed E-state index contributed by atoms with van der Waals surface area (Å²) in [4.78, 5) is 130. The predicted molar refractivity (Wildman–Crippen MR) is 420 cm³/mol. The molecule has 540 valence electrons. The van der Waals surface area contributed by atoms with Crippen molar-refractivity contribution < 1.29 is 0 Å². The van der Waals surface area contributed by atoms with Crippen LogP contribution >= 0.6 is 0 Å². The number of fused-ring (bicyclic) bond motifs is 10. The first kappa shape index (κ1) is 76.3. The molecule has 0 N–H and O–H groups in total. The van der Waals surface area contributed by atoms with Crippen molar-refractivity contribution >= 4 is 110 Å². The topological polar surface area (TPSA) is 425 Å². The largest absolute Gasteiger partial charge is 0.264 e. The maximum absolute atomic E-state index is 4.12. The molecule has 0 aliphatic carbocycles. The summed E-state index contributed by atoms with van der Waals surface area (Å²) in [6.07, 6.45) is 62.8. The maximum Gasteiger partial charge on any atom is 0.178 e. The molecule has 0 unspecified atom stereocenters. The lowest BCUT2D eigenvalue weighted by Crippen LogP contribution is -1.83. The van der Waals surface area contributed by atoms with Gasteiger partial charge in [-0.05, 0) is 97.1 Å². The third kappa shape index (κ3) is 25.8. The Hall–Kier alpha value is -16.9. The number of hydrogen-bond donors (Lipinski definition) is 0. The molecular formula is C79H59N33. The van der Waals surface area contributed by atoms with Crippen molar-refractivity contribution in [1.29, 1.82) is 0 Å². The van der Waals surface area contributed by atoms with E-state index in [0.717, 1.165) is 98.9 Å². The molecule has 0 aliphatic heterocycles. The Bertz CT molecular complexity index is 4480. The van der Waals surface area contributed by atoms with Crippen molar-refractivity contribution in [2.75, 3.05) is 0 Å². The molecule has 20 heterocycles. The second-order valence-electron chi connectivity index (χ2n) is 21.3. The zero-order chi connectivity index (χ0) is 76.6. The molecule has 33 nitrogen and oxygen atoms in total. The number of rotatable bonds is 0. The molecular weight excluding hydrogens is 1410 g/mol. The van der Waals surface area contributed by atoms with Gasteiger partial charge in [0, 0.05) is 176 Å². The molecule has 0 saturated heterocycles. The molecule has 0 atom stereocenters. The summed E-state index contributed by atoms with van der Waals surface area (Å²) < 4.78 is 0. The fourth-order valence-electron chi connectivity index (χ4n) is 8.82. The Morgan fingerprint density at radius 1 is 0.116 bits per heavy atom. The van der Waals surface area contributed by atoms with Crippen molar-refractivity contribution in [3.05, 3.63) is 364 Å². The van der Waals surface area contributed by atoms with Crippen LogP contribution in [-0.2, 0) is 0 Å². The molecule has 22 rings (SSSR count). The van der Waals surface area contributed by atoms with Crippen molar-refractivity contribution in [3.8, 4) is 0 Å². The second kappa shape index (κ2) is 44.7. The summed E-state index contributed by atoms with van der Waals surface area (Å²) >= 11 is 0. The van der Waals surface area contributed by atoms with Crippen LogP contribution < -0.4 is 0 Å². The van der Waals surface area contributed by atoms with E-state index >= 15 is 0 Å². The van der Waals surface area contributed by atoms with Gasteiger partial charge in [0.15, 0.2) is 16.9 Å². The molecule has 2 aromatic carbocycles. The Morgan fingerprint density at radius 3 is 0.884 bits per heavy atom. The SMILES string of the molecule is c1cc2cncnc2cn1.c1cc2nccnc2cn1.c1cc2nccnc2cn1.c1cc2ncncc2cn1.c1ccc2nccnc2c1.c1ccc2ncncc2c1.c1cnc2cncnc2c1.c1cnc2nccnc2c1.c1cnc2nccnc2c1.c1cnc2ncncc2c1.c1cncnc1.c1ncncn1. The van der Waals surface area contributed by atoms with Crippen molar-refractivity contribution in [3.63, 3.8) is 0 Å². The van der Waals surface area contributed by atoms with E-state index in [1.807, 2.05) is 128 Å². The van der Waals surface area contributed by atoms with Crippen LogP contribution in [0.4, 0.5) is 0 Å². The van der Waals surface area contributed by atoms with E-state index in [2.05, 4.69) is 164 Å². The van der Waals surface area contributed by atoms with Crippen LogP contribution in [0.15, 0.2) is 364 Å². The van der Waals surface area contributed by atoms with Crippen LogP contribution in [0, 0.1) is 0 Å². The lowest BCUT2D eigenvalue weighted by molar-refractivity contribution is 1.05. The van der Waals surface area contributed by atoms with Crippen molar-refractivity contribution in [1.82, 2.24) is 164 Å². The zero-order valence-electron chi connectivity index (χ0n) is 58.8. The number of hydrogen-bond acceptors (Lipinski definition) is 33. The molecule has 0 bridgehead atoms. The van der Waals surface area contributed by atoms with Crippen molar-refractivity contribution in [2.24, 2.45) is 0 Å². The minimum atomic E-state index is 0.699. The molecule has 20 aromatic heterocycles. The van der Waals surface area contributed by atoms with Gasteiger partial charge < -0.3 is 0 Å². The number of benzene rings is 2. The summed E-state index contributed by atoms with van der Waals surface area (Å²) in [6.45, 7) is 0. The second-order valence-corrected chi connectivity index (χ2v) is 21.3. The van der Waals surface area contributed by atoms with Crippen LogP contribution in [0.5, 0.6) is 0 Å². The van der Waals surface area contributed by atoms with Gasteiger partial charge in [0.1, 0.15) is 84.5 Å². The molecule has 0 amide bonds. The van der Waals surface area contributed by atoms with Crippen LogP contribution in [0.3, 0.4) is 0 Å². The Kier molecular flexibility index (Phi) is 30.4. The van der Waals surface area contributed by atoms with E-state index in [9.17, 15) is 0 Å². The normalized spacial score (nSPS) is 9.79. The minimum Gasteiger partial charge on any atom is -0.264 e. The smallest absolute Gasteiger partial charge is 0.178 e. The number of para-hydroxylation sites is 3. The summed E-state index contributed by atoms with van der Waals surface area (Å²) in [6, 6.07) is 39.9. The average Bonchev–Trinajstić information content (AvgIpc) is 0.967. The van der Waals surface area contributed by atoms with Crippen LogP contribution in [0.2, 0.25) is 0 Å². The Labute approximate surface area is 635 Å². The van der Waals surface area contributed by atoms with Gasteiger partial charge in [-0.25, -0.2) is 99.7 Å². The fraction of sp³-hybridized carbons (Fsp3) is 0. The minimum absolute atomic E-state index is 0.699. The van der Waals surface area contributed by atoms with E-state index in [-0.39, 0.29) is 0 Å². The molecule has 0 spiro atoms. The Morgan fingerprint density at radius 2 is 0.411 bits per heavy atom. The molecule has 0 aliphatic rings. The lowest BCUT2D eigenvalue weighted by atomic mass is 10.2. The van der Waals surface area contributed by atoms with E-state index in [4.69, 9.17) is 0 Å². The predicted octanol–water partition coefficient (Wildman–Crippen LogP) is 11.8. The molecule has 112 heavy (non-hydrogen) atoms. The first-order valence-electron chi connectivity index (χ1n) is 33.3. The van der Waals surface area contributed by atoms with Crippen molar-refractivity contribution in [2.45, 2.75) is 0 Å². The van der Waals surface area contributed by atoms with Gasteiger partial charge in [-0.15, -0.1) is 0 Å². The van der Waals surface area contributed by atoms with Gasteiger partial charge in [0.05, 0.1) is 68.9 Å². The highest BCUT2D eigenvalue weighted by Crippen LogP contribution is 2.11. The number of aromatic nitrogens is 33. The third-order valence-electron chi connectivity index (χ3n) is 13.9. The molecule has 0 saturated carbocycles. The summed E-state index contributed by atoms with van der Waals surface area (Å²) in [7, 11) is 0. The average molecular weight is 1470 g/mol.